The minimum Gasteiger partial charge on any atom is -0.433 e. The number of esters is 2. The third-order valence-electron chi connectivity index (χ3n) is 3.13. The Hall–Kier alpha value is -2.25. The van der Waals surface area contributed by atoms with E-state index in [-0.39, 0.29) is 0 Å². The lowest BCUT2D eigenvalue weighted by Gasteiger charge is -2.35. The van der Waals surface area contributed by atoms with E-state index in [0.29, 0.717) is 11.4 Å². The minimum absolute atomic E-state index is 0.405. The molecule has 0 aliphatic carbocycles. The lowest BCUT2D eigenvalue weighted by molar-refractivity contribution is -0.306. The monoisotopic (exact) mass is 321 g/mol. The maximum absolute atomic E-state index is 11.9. The second-order valence-corrected chi connectivity index (χ2v) is 5.68. The first kappa shape index (κ1) is 17.1. The smallest absolute Gasteiger partial charge is 0.322 e. The number of cyclic esters (lactones) is 1. The van der Waals surface area contributed by atoms with Gasteiger partial charge in [-0.25, -0.2) is 0 Å². The molecule has 124 valence electrons. The number of aliphatic imine (C=N–C) groups is 1. The normalized spacial score (nSPS) is 23.6. The van der Waals surface area contributed by atoms with Crippen molar-refractivity contribution in [2.75, 3.05) is 0 Å². The standard InChI is InChI=1S/C16H19NO6/c1-9-7-11(5-6-13(9)21-10(2)18)17-8-12-14(19)22-16(3,4)23-15(12)20/h5-8,12,14,19H,1-4H3. The summed E-state index contributed by atoms with van der Waals surface area (Å²) in [6, 6.07) is 4.94. The first-order chi connectivity index (χ1) is 10.7. The molecule has 0 saturated carbocycles. The van der Waals surface area contributed by atoms with Crippen molar-refractivity contribution in [2.45, 2.75) is 39.8 Å². The summed E-state index contributed by atoms with van der Waals surface area (Å²) in [5.74, 6) is -2.73. The molecule has 2 atom stereocenters. The number of rotatable bonds is 3. The largest absolute Gasteiger partial charge is 0.433 e. The highest BCUT2D eigenvalue weighted by atomic mass is 16.8. The highest BCUT2D eigenvalue weighted by Crippen LogP contribution is 2.27. The Labute approximate surface area is 133 Å². The van der Waals surface area contributed by atoms with Crippen molar-refractivity contribution in [1.29, 1.82) is 0 Å². The molecule has 1 aromatic carbocycles. The summed E-state index contributed by atoms with van der Waals surface area (Å²) < 4.78 is 15.3. The van der Waals surface area contributed by atoms with Crippen LogP contribution in [0.25, 0.3) is 0 Å². The van der Waals surface area contributed by atoms with Gasteiger partial charge < -0.3 is 19.3 Å². The molecule has 1 aliphatic heterocycles. The van der Waals surface area contributed by atoms with E-state index in [1.54, 1.807) is 39.0 Å². The molecule has 0 aromatic heterocycles. The molecule has 1 aliphatic rings. The summed E-state index contributed by atoms with van der Waals surface area (Å²) in [6.07, 6.45) is -0.0425. The number of benzene rings is 1. The number of hydrogen-bond donors (Lipinski definition) is 1. The molecule has 0 spiro atoms. The van der Waals surface area contributed by atoms with Gasteiger partial charge in [-0.3, -0.25) is 14.6 Å². The summed E-state index contributed by atoms with van der Waals surface area (Å²) in [7, 11) is 0. The van der Waals surface area contributed by atoms with Crippen LogP contribution in [0, 0.1) is 12.8 Å². The Morgan fingerprint density at radius 1 is 1.43 bits per heavy atom. The first-order valence-corrected chi connectivity index (χ1v) is 7.10. The SMILES string of the molecule is CC(=O)Oc1ccc(N=CC2C(=O)OC(C)(C)OC2O)cc1C. The summed E-state index contributed by atoms with van der Waals surface area (Å²) in [5, 5.41) is 9.88. The molecule has 0 radical (unpaired) electrons. The van der Waals surface area contributed by atoms with E-state index in [9.17, 15) is 14.7 Å². The van der Waals surface area contributed by atoms with Crippen molar-refractivity contribution in [1.82, 2.24) is 0 Å². The summed E-state index contributed by atoms with van der Waals surface area (Å²) >= 11 is 0. The summed E-state index contributed by atoms with van der Waals surface area (Å²) in [4.78, 5) is 27.0. The van der Waals surface area contributed by atoms with Crippen LogP contribution in [0.4, 0.5) is 5.69 Å². The Morgan fingerprint density at radius 2 is 2.13 bits per heavy atom. The second kappa shape index (κ2) is 6.47. The zero-order valence-electron chi connectivity index (χ0n) is 13.4. The van der Waals surface area contributed by atoms with Crippen molar-refractivity contribution >= 4 is 23.8 Å². The Kier molecular flexibility index (Phi) is 4.82. The molecule has 1 saturated heterocycles. The molecule has 23 heavy (non-hydrogen) atoms. The molecular formula is C16H19NO6. The number of carbonyl (C=O) groups excluding carboxylic acids is 2. The number of carbonyl (C=O) groups is 2. The average molecular weight is 321 g/mol. The predicted molar refractivity (Wildman–Crippen MR) is 81.4 cm³/mol. The van der Waals surface area contributed by atoms with Gasteiger partial charge in [-0.2, -0.15) is 0 Å². The number of hydrogen-bond acceptors (Lipinski definition) is 7. The second-order valence-electron chi connectivity index (χ2n) is 5.68. The van der Waals surface area contributed by atoms with Crippen LogP contribution in [0.2, 0.25) is 0 Å². The summed E-state index contributed by atoms with van der Waals surface area (Å²) in [5.41, 5.74) is 1.27. The van der Waals surface area contributed by atoms with E-state index >= 15 is 0 Å². The number of aliphatic hydroxyl groups excluding tert-OH is 1. The van der Waals surface area contributed by atoms with Gasteiger partial charge >= 0.3 is 11.9 Å². The fraction of sp³-hybridized carbons (Fsp3) is 0.438. The van der Waals surface area contributed by atoms with E-state index < -0.39 is 29.9 Å². The number of aliphatic hydroxyl groups is 1. The van der Waals surface area contributed by atoms with Gasteiger partial charge in [0.15, 0.2) is 6.29 Å². The van der Waals surface area contributed by atoms with E-state index in [1.165, 1.54) is 13.1 Å². The van der Waals surface area contributed by atoms with Gasteiger partial charge in [0.25, 0.3) is 0 Å². The average Bonchev–Trinajstić information content (AvgIpc) is 2.39. The minimum atomic E-state index is -1.32. The quantitative estimate of drug-likeness (QED) is 0.519. The van der Waals surface area contributed by atoms with Crippen molar-refractivity contribution in [3.63, 3.8) is 0 Å². The van der Waals surface area contributed by atoms with Gasteiger partial charge in [-0.1, -0.05) is 0 Å². The fourth-order valence-corrected chi connectivity index (χ4v) is 2.10. The van der Waals surface area contributed by atoms with E-state index in [4.69, 9.17) is 14.2 Å². The lowest BCUT2D eigenvalue weighted by Crippen LogP contribution is -2.49. The zero-order chi connectivity index (χ0) is 17.2. The van der Waals surface area contributed by atoms with Crippen molar-refractivity contribution < 1.29 is 28.9 Å². The van der Waals surface area contributed by atoms with Gasteiger partial charge in [0.1, 0.15) is 11.7 Å². The van der Waals surface area contributed by atoms with Gasteiger partial charge in [0.2, 0.25) is 5.79 Å². The molecule has 1 heterocycles. The molecular weight excluding hydrogens is 302 g/mol. The highest BCUT2D eigenvalue weighted by Gasteiger charge is 2.41. The molecule has 7 nitrogen and oxygen atoms in total. The highest BCUT2D eigenvalue weighted by molar-refractivity contribution is 5.91. The van der Waals surface area contributed by atoms with E-state index in [2.05, 4.69) is 4.99 Å². The van der Waals surface area contributed by atoms with E-state index in [1.807, 2.05) is 0 Å². The van der Waals surface area contributed by atoms with Crippen molar-refractivity contribution in [2.24, 2.45) is 10.9 Å². The molecule has 0 amide bonds. The van der Waals surface area contributed by atoms with E-state index in [0.717, 1.165) is 5.56 Å². The van der Waals surface area contributed by atoms with Crippen LogP contribution in [0.3, 0.4) is 0 Å². The molecule has 1 N–H and O–H groups in total. The van der Waals surface area contributed by atoms with Crippen LogP contribution in [0.1, 0.15) is 26.3 Å². The molecule has 7 heteroatoms. The molecule has 1 fully saturated rings. The predicted octanol–water partition coefficient (Wildman–Crippen LogP) is 1.87. The maximum atomic E-state index is 11.9. The number of ether oxygens (including phenoxy) is 3. The lowest BCUT2D eigenvalue weighted by atomic mass is 10.1. The molecule has 1 aromatic rings. The number of nitrogens with zero attached hydrogens (tertiary/aromatic N) is 1. The maximum Gasteiger partial charge on any atom is 0.322 e. The zero-order valence-corrected chi connectivity index (χ0v) is 13.4. The fourth-order valence-electron chi connectivity index (χ4n) is 2.10. The van der Waals surface area contributed by atoms with Gasteiger partial charge in [-0.15, -0.1) is 0 Å². The first-order valence-electron chi connectivity index (χ1n) is 7.10. The van der Waals surface area contributed by atoms with Crippen molar-refractivity contribution in [3.8, 4) is 5.75 Å². The van der Waals surface area contributed by atoms with Crippen LogP contribution >= 0.6 is 0 Å². The molecule has 2 rings (SSSR count). The van der Waals surface area contributed by atoms with Crippen LogP contribution < -0.4 is 4.74 Å². The van der Waals surface area contributed by atoms with Crippen LogP contribution in [0.5, 0.6) is 5.75 Å². The summed E-state index contributed by atoms with van der Waals surface area (Å²) in [6.45, 7) is 6.17. The van der Waals surface area contributed by atoms with Crippen LogP contribution in [-0.4, -0.2) is 35.3 Å². The molecule has 0 bridgehead atoms. The number of aryl methyl sites for hydroxylation is 1. The van der Waals surface area contributed by atoms with Crippen molar-refractivity contribution in [3.05, 3.63) is 23.8 Å². The Morgan fingerprint density at radius 3 is 2.70 bits per heavy atom. The Bertz CT molecular complexity index is 652. The Balaban J connectivity index is 2.12. The van der Waals surface area contributed by atoms with Gasteiger partial charge in [-0.05, 0) is 30.7 Å². The third-order valence-corrected chi connectivity index (χ3v) is 3.13. The molecule has 2 unspecified atom stereocenters. The van der Waals surface area contributed by atoms with Crippen LogP contribution in [0.15, 0.2) is 23.2 Å². The van der Waals surface area contributed by atoms with Crippen LogP contribution in [-0.2, 0) is 19.1 Å². The van der Waals surface area contributed by atoms with Gasteiger partial charge in [0, 0.05) is 27.0 Å². The van der Waals surface area contributed by atoms with Gasteiger partial charge in [0.05, 0.1) is 5.69 Å². The topological polar surface area (TPSA) is 94.4 Å². The third kappa shape index (κ3) is 4.37.